The van der Waals surface area contributed by atoms with E-state index in [4.69, 9.17) is 0 Å². The summed E-state index contributed by atoms with van der Waals surface area (Å²) in [5.41, 5.74) is 3.81. The van der Waals surface area contributed by atoms with Gasteiger partial charge >= 0.3 is 0 Å². The van der Waals surface area contributed by atoms with Crippen molar-refractivity contribution >= 4 is 0 Å². The molecule has 1 atom stereocenters. The second kappa shape index (κ2) is 7.25. The highest BCUT2D eigenvalue weighted by Gasteiger charge is 2.09. The van der Waals surface area contributed by atoms with Crippen LogP contribution < -0.4 is 5.32 Å². The second-order valence-corrected chi connectivity index (χ2v) is 5.14. The third kappa shape index (κ3) is 3.48. The summed E-state index contributed by atoms with van der Waals surface area (Å²) < 4.78 is 2.02. The first-order chi connectivity index (χ1) is 9.78. The van der Waals surface area contributed by atoms with Gasteiger partial charge in [0.2, 0.25) is 0 Å². The van der Waals surface area contributed by atoms with E-state index >= 15 is 0 Å². The lowest BCUT2D eigenvalue weighted by molar-refractivity contribution is 0.537. The number of aryl methyl sites for hydroxylation is 1. The molecule has 3 nitrogen and oxygen atoms in total. The Morgan fingerprint density at radius 2 is 2.05 bits per heavy atom. The molecule has 108 valence electrons. The fourth-order valence-corrected chi connectivity index (χ4v) is 2.54. The van der Waals surface area contributed by atoms with Crippen LogP contribution in [0.4, 0.5) is 0 Å². The van der Waals surface area contributed by atoms with Crippen molar-refractivity contribution in [1.82, 2.24) is 15.1 Å². The van der Waals surface area contributed by atoms with Crippen LogP contribution in [0.5, 0.6) is 0 Å². The summed E-state index contributed by atoms with van der Waals surface area (Å²) in [6.07, 6.45) is 6.31. The normalized spacial score (nSPS) is 12.6. The molecule has 0 aliphatic heterocycles. The van der Waals surface area contributed by atoms with Gasteiger partial charge in [-0.2, -0.15) is 5.10 Å². The molecule has 1 unspecified atom stereocenters. The standard InChI is InChI=1S/C17H25N3/c1-4-10-20-13-16(12-19-20)14-8-7-9-15(11-14)17(5-2)18-6-3/h7-9,11-13,17-18H,4-6,10H2,1-3H3. The fraction of sp³-hybridized carbons (Fsp3) is 0.471. The molecule has 2 rings (SSSR count). The summed E-state index contributed by atoms with van der Waals surface area (Å²) >= 11 is 0. The lowest BCUT2D eigenvalue weighted by Crippen LogP contribution is -2.19. The Morgan fingerprint density at radius 1 is 1.20 bits per heavy atom. The number of hydrogen-bond acceptors (Lipinski definition) is 2. The van der Waals surface area contributed by atoms with E-state index in [1.807, 2.05) is 10.9 Å². The first-order valence-electron chi connectivity index (χ1n) is 7.64. The Bertz CT molecular complexity index is 531. The molecule has 0 amide bonds. The van der Waals surface area contributed by atoms with Crippen LogP contribution in [0.2, 0.25) is 0 Å². The van der Waals surface area contributed by atoms with Gasteiger partial charge in [-0.25, -0.2) is 0 Å². The molecule has 0 saturated carbocycles. The Morgan fingerprint density at radius 3 is 2.75 bits per heavy atom. The zero-order valence-electron chi connectivity index (χ0n) is 12.8. The van der Waals surface area contributed by atoms with E-state index in [9.17, 15) is 0 Å². The predicted octanol–water partition coefficient (Wildman–Crippen LogP) is 4.02. The van der Waals surface area contributed by atoms with Crippen LogP contribution in [0.1, 0.15) is 45.2 Å². The number of aromatic nitrogens is 2. The number of nitrogens with one attached hydrogen (secondary N) is 1. The Hall–Kier alpha value is -1.61. The molecule has 0 radical (unpaired) electrons. The van der Waals surface area contributed by atoms with Crippen LogP contribution >= 0.6 is 0 Å². The first kappa shape index (κ1) is 14.8. The van der Waals surface area contributed by atoms with E-state index < -0.39 is 0 Å². The average Bonchev–Trinajstić information content (AvgIpc) is 2.94. The minimum atomic E-state index is 0.436. The lowest BCUT2D eigenvalue weighted by atomic mass is 10.00. The summed E-state index contributed by atoms with van der Waals surface area (Å²) in [5.74, 6) is 0. The second-order valence-electron chi connectivity index (χ2n) is 5.14. The van der Waals surface area contributed by atoms with Crippen molar-refractivity contribution in [3.8, 4) is 11.1 Å². The Balaban J connectivity index is 2.23. The zero-order valence-corrected chi connectivity index (χ0v) is 12.8. The number of hydrogen-bond donors (Lipinski definition) is 1. The molecule has 0 aliphatic carbocycles. The largest absolute Gasteiger partial charge is 0.310 e. The van der Waals surface area contributed by atoms with Gasteiger partial charge in [0.15, 0.2) is 0 Å². The lowest BCUT2D eigenvalue weighted by Gasteiger charge is -2.16. The van der Waals surface area contributed by atoms with E-state index in [-0.39, 0.29) is 0 Å². The monoisotopic (exact) mass is 271 g/mol. The van der Waals surface area contributed by atoms with E-state index in [2.05, 4.69) is 61.6 Å². The van der Waals surface area contributed by atoms with Crippen LogP contribution in [-0.4, -0.2) is 16.3 Å². The van der Waals surface area contributed by atoms with Crippen molar-refractivity contribution in [3.63, 3.8) is 0 Å². The Labute approximate surface area is 122 Å². The van der Waals surface area contributed by atoms with Gasteiger partial charge in [0.25, 0.3) is 0 Å². The van der Waals surface area contributed by atoms with Gasteiger partial charge in [0, 0.05) is 24.3 Å². The van der Waals surface area contributed by atoms with Gasteiger partial charge in [-0.3, -0.25) is 4.68 Å². The molecule has 0 fully saturated rings. The summed E-state index contributed by atoms with van der Waals surface area (Å²) in [4.78, 5) is 0. The molecule has 0 saturated heterocycles. The molecule has 2 aromatic rings. The van der Waals surface area contributed by atoms with Crippen molar-refractivity contribution in [3.05, 3.63) is 42.2 Å². The van der Waals surface area contributed by atoms with E-state index in [1.54, 1.807) is 0 Å². The van der Waals surface area contributed by atoms with Crippen LogP contribution in [0, 0.1) is 0 Å². The quantitative estimate of drug-likeness (QED) is 0.824. The number of rotatable bonds is 7. The number of benzene rings is 1. The summed E-state index contributed by atoms with van der Waals surface area (Å²) in [5, 5.41) is 7.95. The molecule has 1 aromatic heterocycles. The van der Waals surface area contributed by atoms with Crippen molar-refractivity contribution < 1.29 is 0 Å². The highest BCUT2D eigenvalue weighted by molar-refractivity contribution is 5.62. The molecule has 1 N–H and O–H groups in total. The van der Waals surface area contributed by atoms with Crippen LogP contribution in [-0.2, 0) is 6.54 Å². The Kier molecular flexibility index (Phi) is 5.36. The molecule has 0 bridgehead atoms. The minimum absolute atomic E-state index is 0.436. The molecule has 1 aromatic carbocycles. The van der Waals surface area contributed by atoms with Gasteiger partial charge in [0.1, 0.15) is 0 Å². The smallest absolute Gasteiger partial charge is 0.0568 e. The molecule has 0 spiro atoms. The summed E-state index contributed by atoms with van der Waals surface area (Å²) in [7, 11) is 0. The van der Waals surface area contributed by atoms with E-state index in [0.29, 0.717) is 6.04 Å². The highest BCUT2D eigenvalue weighted by atomic mass is 15.3. The maximum Gasteiger partial charge on any atom is 0.0568 e. The van der Waals surface area contributed by atoms with Crippen molar-refractivity contribution in [2.45, 2.75) is 46.2 Å². The molecule has 3 heteroatoms. The maximum atomic E-state index is 4.41. The van der Waals surface area contributed by atoms with Crippen LogP contribution in [0.25, 0.3) is 11.1 Å². The van der Waals surface area contributed by atoms with Gasteiger partial charge in [-0.05, 0) is 36.6 Å². The molecular weight excluding hydrogens is 246 g/mol. The first-order valence-corrected chi connectivity index (χ1v) is 7.64. The fourth-order valence-electron chi connectivity index (χ4n) is 2.54. The topological polar surface area (TPSA) is 29.9 Å². The minimum Gasteiger partial charge on any atom is -0.310 e. The molecule has 1 heterocycles. The number of nitrogens with zero attached hydrogens (tertiary/aromatic N) is 2. The van der Waals surface area contributed by atoms with Crippen LogP contribution in [0.15, 0.2) is 36.7 Å². The van der Waals surface area contributed by atoms with Gasteiger partial charge in [0.05, 0.1) is 6.20 Å². The van der Waals surface area contributed by atoms with Crippen molar-refractivity contribution in [2.24, 2.45) is 0 Å². The SMILES string of the molecule is CCCn1cc(-c2cccc(C(CC)NCC)c2)cn1. The summed E-state index contributed by atoms with van der Waals surface area (Å²) in [6.45, 7) is 8.52. The molecular formula is C17H25N3. The van der Waals surface area contributed by atoms with E-state index in [0.717, 1.165) is 25.9 Å². The third-order valence-electron chi connectivity index (χ3n) is 3.57. The van der Waals surface area contributed by atoms with Gasteiger partial charge in [-0.15, -0.1) is 0 Å². The molecule has 0 aliphatic rings. The summed E-state index contributed by atoms with van der Waals surface area (Å²) in [6, 6.07) is 9.23. The van der Waals surface area contributed by atoms with E-state index in [1.165, 1.54) is 16.7 Å². The highest BCUT2D eigenvalue weighted by Crippen LogP contribution is 2.24. The van der Waals surface area contributed by atoms with Crippen LogP contribution in [0.3, 0.4) is 0 Å². The van der Waals surface area contributed by atoms with Crippen molar-refractivity contribution in [2.75, 3.05) is 6.54 Å². The molecule has 20 heavy (non-hydrogen) atoms. The van der Waals surface area contributed by atoms with Gasteiger partial charge < -0.3 is 5.32 Å². The van der Waals surface area contributed by atoms with Gasteiger partial charge in [-0.1, -0.05) is 39.0 Å². The zero-order chi connectivity index (χ0) is 14.4. The third-order valence-corrected chi connectivity index (χ3v) is 3.57. The van der Waals surface area contributed by atoms with Crippen molar-refractivity contribution in [1.29, 1.82) is 0 Å². The predicted molar refractivity (Wildman–Crippen MR) is 84.7 cm³/mol. The maximum absolute atomic E-state index is 4.41. The average molecular weight is 271 g/mol.